The number of aliphatic hydroxyl groups is 1. The minimum atomic E-state index is -0.389. The van der Waals surface area contributed by atoms with Crippen molar-refractivity contribution in [2.75, 3.05) is 0 Å². The van der Waals surface area contributed by atoms with Gasteiger partial charge >= 0.3 is 0 Å². The number of rotatable bonds is 3. The Bertz CT molecular complexity index is 191. The first kappa shape index (κ1) is 11.7. The lowest BCUT2D eigenvalue weighted by atomic mass is 9.82. The van der Waals surface area contributed by atoms with Gasteiger partial charge in [-0.2, -0.15) is 0 Å². The molecular formula is C10H20N2OS. The predicted octanol–water partition coefficient (Wildman–Crippen LogP) is 1.15. The molecule has 0 heterocycles. The molecule has 0 aromatic carbocycles. The third-order valence-corrected chi connectivity index (χ3v) is 3.10. The zero-order valence-corrected chi connectivity index (χ0v) is 9.52. The molecule has 4 heteroatoms. The minimum Gasteiger partial charge on any atom is -0.391 e. The number of nitrogens with one attached hydrogen (secondary N) is 1. The Morgan fingerprint density at radius 1 is 1.43 bits per heavy atom. The van der Waals surface area contributed by atoms with E-state index in [0.717, 1.165) is 0 Å². The van der Waals surface area contributed by atoms with Gasteiger partial charge in [0.1, 0.15) is 0 Å². The molecule has 0 spiro atoms. The molecule has 1 fully saturated rings. The molecule has 1 rings (SSSR count). The maximum absolute atomic E-state index is 9.64. The van der Waals surface area contributed by atoms with E-state index in [1.165, 1.54) is 32.1 Å². The van der Waals surface area contributed by atoms with Crippen LogP contribution in [0.25, 0.3) is 0 Å². The van der Waals surface area contributed by atoms with Gasteiger partial charge in [0, 0.05) is 0 Å². The molecule has 1 aliphatic carbocycles. The fourth-order valence-corrected chi connectivity index (χ4v) is 2.43. The summed E-state index contributed by atoms with van der Waals surface area (Å²) in [6, 6.07) is 0.0350. The molecule has 1 unspecified atom stereocenters. The SMILES string of the molecule is CC(O)[C@@H](NC(N)=S)C1CCCCC1. The Labute approximate surface area is 91.1 Å². The van der Waals surface area contributed by atoms with Crippen LogP contribution in [0.2, 0.25) is 0 Å². The average molecular weight is 216 g/mol. The zero-order chi connectivity index (χ0) is 10.6. The van der Waals surface area contributed by atoms with E-state index in [1.807, 2.05) is 0 Å². The lowest BCUT2D eigenvalue weighted by Crippen LogP contribution is -2.49. The molecule has 4 N–H and O–H groups in total. The van der Waals surface area contributed by atoms with E-state index >= 15 is 0 Å². The fraction of sp³-hybridized carbons (Fsp3) is 0.900. The number of nitrogens with two attached hydrogens (primary N) is 1. The Kier molecular flexibility index (Phi) is 4.62. The van der Waals surface area contributed by atoms with Crippen LogP contribution in [0.1, 0.15) is 39.0 Å². The molecule has 0 bridgehead atoms. The van der Waals surface area contributed by atoms with Crippen LogP contribution in [-0.2, 0) is 0 Å². The summed E-state index contributed by atoms with van der Waals surface area (Å²) in [6.07, 6.45) is 5.78. The largest absolute Gasteiger partial charge is 0.391 e. The maximum Gasteiger partial charge on any atom is 0.163 e. The van der Waals surface area contributed by atoms with Crippen LogP contribution in [0.3, 0.4) is 0 Å². The van der Waals surface area contributed by atoms with Crippen LogP contribution < -0.4 is 11.1 Å². The van der Waals surface area contributed by atoms with Gasteiger partial charge in [-0.05, 0) is 37.9 Å². The molecule has 0 aromatic rings. The molecule has 0 aromatic heterocycles. The summed E-state index contributed by atoms with van der Waals surface area (Å²) in [7, 11) is 0. The van der Waals surface area contributed by atoms with Gasteiger partial charge in [-0.25, -0.2) is 0 Å². The molecular weight excluding hydrogens is 196 g/mol. The molecule has 14 heavy (non-hydrogen) atoms. The van der Waals surface area contributed by atoms with Crippen molar-refractivity contribution in [2.24, 2.45) is 11.7 Å². The summed E-state index contributed by atoms with van der Waals surface area (Å²) < 4.78 is 0. The summed E-state index contributed by atoms with van der Waals surface area (Å²) in [5.74, 6) is 0.519. The van der Waals surface area contributed by atoms with Crippen molar-refractivity contribution in [2.45, 2.75) is 51.2 Å². The number of hydrogen-bond acceptors (Lipinski definition) is 2. The minimum absolute atomic E-state index is 0.0350. The third-order valence-electron chi connectivity index (χ3n) is 2.99. The van der Waals surface area contributed by atoms with E-state index in [9.17, 15) is 5.11 Å². The van der Waals surface area contributed by atoms with Crippen LogP contribution in [0.5, 0.6) is 0 Å². The summed E-state index contributed by atoms with van der Waals surface area (Å²) >= 11 is 4.82. The van der Waals surface area contributed by atoms with Crippen molar-refractivity contribution < 1.29 is 5.11 Å². The van der Waals surface area contributed by atoms with Gasteiger partial charge < -0.3 is 16.2 Å². The zero-order valence-electron chi connectivity index (χ0n) is 8.70. The molecule has 1 aliphatic rings. The molecule has 1 saturated carbocycles. The van der Waals surface area contributed by atoms with Crippen molar-refractivity contribution >= 4 is 17.3 Å². The van der Waals surface area contributed by atoms with Crippen LogP contribution in [0.4, 0.5) is 0 Å². The van der Waals surface area contributed by atoms with E-state index < -0.39 is 0 Å². The van der Waals surface area contributed by atoms with Crippen molar-refractivity contribution in [3.8, 4) is 0 Å². The monoisotopic (exact) mass is 216 g/mol. The van der Waals surface area contributed by atoms with E-state index in [0.29, 0.717) is 11.0 Å². The van der Waals surface area contributed by atoms with Crippen LogP contribution in [-0.4, -0.2) is 22.4 Å². The fourth-order valence-electron chi connectivity index (χ4n) is 2.29. The summed E-state index contributed by atoms with van der Waals surface area (Å²) in [5, 5.41) is 12.9. The Hall–Kier alpha value is -0.350. The third kappa shape index (κ3) is 3.42. The molecule has 0 aliphatic heterocycles. The van der Waals surface area contributed by atoms with Gasteiger partial charge in [-0.1, -0.05) is 19.3 Å². The van der Waals surface area contributed by atoms with Crippen LogP contribution in [0.15, 0.2) is 0 Å². The van der Waals surface area contributed by atoms with Gasteiger partial charge in [0.05, 0.1) is 12.1 Å². The average Bonchev–Trinajstić information content (AvgIpc) is 2.15. The van der Waals surface area contributed by atoms with Crippen molar-refractivity contribution in [3.05, 3.63) is 0 Å². The van der Waals surface area contributed by atoms with Crippen molar-refractivity contribution in [1.82, 2.24) is 5.32 Å². The van der Waals surface area contributed by atoms with Crippen molar-refractivity contribution in [3.63, 3.8) is 0 Å². The standard InChI is InChI=1S/C10H20N2OS/c1-7(13)9(12-10(11)14)8-5-3-2-4-6-8/h7-9,13H,2-6H2,1H3,(H3,11,12,14)/t7?,9-/m1/s1. The maximum atomic E-state index is 9.64. The lowest BCUT2D eigenvalue weighted by molar-refractivity contribution is 0.109. The molecule has 3 nitrogen and oxygen atoms in total. The van der Waals surface area contributed by atoms with E-state index in [2.05, 4.69) is 5.32 Å². The molecule has 0 amide bonds. The van der Waals surface area contributed by atoms with Gasteiger partial charge in [-0.3, -0.25) is 0 Å². The number of hydrogen-bond donors (Lipinski definition) is 3. The smallest absolute Gasteiger partial charge is 0.163 e. The van der Waals surface area contributed by atoms with Gasteiger partial charge in [0.25, 0.3) is 0 Å². The van der Waals surface area contributed by atoms with Gasteiger partial charge in [0.2, 0.25) is 0 Å². The summed E-state index contributed by atoms with van der Waals surface area (Å²) in [4.78, 5) is 0. The highest BCUT2D eigenvalue weighted by atomic mass is 32.1. The molecule has 0 radical (unpaired) electrons. The topological polar surface area (TPSA) is 58.3 Å². The Morgan fingerprint density at radius 2 is 2.00 bits per heavy atom. The van der Waals surface area contributed by atoms with E-state index in [4.69, 9.17) is 18.0 Å². The van der Waals surface area contributed by atoms with Gasteiger partial charge in [-0.15, -0.1) is 0 Å². The van der Waals surface area contributed by atoms with Gasteiger partial charge in [0.15, 0.2) is 5.11 Å². The normalized spacial score (nSPS) is 22.7. The summed E-state index contributed by atoms with van der Waals surface area (Å²) in [5.41, 5.74) is 5.45. The van der Waals surface area contributed by atoms with Crippen LogP contribution in [0, 0.1) is 5.92 Å². The second-order valence-electron chi connectivity index (χ2n) is 4.17. The quantitative estimate of drug-likeness (QED) is 0.619. The number of thiocarbonyl (C=S) groups is 1. The van der Waals surface area contributed by atoms with Crippen molar-refractivity contribution in [1.29, 1.82) is 0 Å². The van der Waals surface area contributed by atoms with E-state index in [-0.39, 0.29) is 12.1 Å². The molecule has 82 valence electrons. The second-order valence-corrected chi connectivity index (χ2v) is 4.61. The highest BCUT2D eigenvalue weighted by Gasteiger charge is 2.27. The lowest BCUT2D eigenvalue weighted by Gasteiger charge is -2.32. The van der Waals surface area contributed by atoms with E-state index in [1.54, 1.807) is 6.92 Å². The number of aliphatic hydroxyl groups excluding tert-OH is 1. The highest BCUT2D eigenvalue weighted by molar-refractivity contribution is 7.80. The Balaban J connectivity index is 2.51. The molecule has 0 saturated heterocycles. The molecule has 2 atom stereocenters. The van der Waals surface area contributed by atoms with Crippen LogP contribution >= 0.6 is 12.2 Å². The Morgan fingerprint density at radius 3 is 2.43 bits per heavy atom. The predicted molar refractivity (Wildman–Crippen MR) is 62.0 cm³/mol. The first-order chi connectivity index (χ1) is 6.61. The second kappa shape index (κ2) is 5.51. The first-order valence-corrected chi connectivity index (χ1v) is 5.76. The summed E-state index contributed by atoms with van der Waals surface area (Å²) in [6.45, 7) is 1.80. The first-order valence-electron chi connectivity index (χ1n) is 5.35. The highest BCUT2D eigenvalue weighted by Crippen LogP contribution is 2.27.